The number of rotatable bonds is 5. The zero-order valence-electron chi connectivity index (χ0n) is 11.0. The maximum Gasteiger partial charge on any atom is 0.260 e. The summed E-state index contributed by atoms with van der Waals surface area (Å²) >= 11 is 0. The molecule has 0 aliphatic rings. The minimum atomic E-state index is -0.0481. The van der Waals surface area contributed by atoms with Gasteiger partial charge in [-0.3, -0.25) is 4.79 Å². The molecule has 0 aliphatic heterocycles. The van der Waals surface area contributed by atoms with E-state index in [0.717, 1.165) is 6.54 Å². The van der Waals surface area contributed by atoms with Gasteiger partial charge in [-0.2, -0.15) is 5.26 Å². The number of likely N-dealkylation sites (N-methyl/N-ethyl adjacent to an activating group) is 1. The number of benzene rings is 1. The predicted octanol–water partition coefficient (Wildman–Crippen LogP) is 2.05. The third-order valence-corrected chi connectivity index (χ3v) is 2.41. The van der Waals surface area contributed by atoms with Crippen LogP contribution in [0.5, 0.6) is 5.75 Å². The predicted molar refractivity (Wildman–Crippen MR) is 69.1 cm³/mol. The van der Waals surface area contributed by atoms with Crippen molar-refractivity contribution in [2.75, 3.05) is 20.2 Å². The van der Waals surface area contributed by atoms with Gasteiger partial charge >= 0.3 is 0 Å². The monoisotopic (exact) mass is 246 g/mol. The van der Waals surface area contributed by atoms with Gasteiger partial charge < -0.3 is 9.64 Å². The fourth-order valence-electron chi connectivity index (χ4n) is 1.53. The highest BCUT2D eigenvalue weighted by atomic mass is 16.5. The van der Waals surface area contributed by atoms with E-state index in [4.69, 9.17) is 10.00 Å². The summed E-state index contributed by atoms with van der Waals surface area (Å²) in [6.45, 7) is 4.86. The van der Waals surface area contributed by atoms with Gasteiger partial charge in [-0.25, -0.2) is 0 Å². The van der Waals surface area contributed by atoms with E-state index in [1.54, 1.807) is 36.2 Å². The van der Waals surface area contributed by atoms with Crippen molar-refractivity contribution < 1.29 is 9.53 Å². The second-order valence-corrected chi connectivity index (χ2v) is 4.59. The molecule has 0 atom stereocenters. The molecule has 0 aromatic heterocycles. The third-order valence-electron chi connectivity index (χ3n) is 2.41. The van der Waals surface area contributed by atoms with Crippen LogP contribution < -0.4 is 4.74 Å². The SMILES string of the molecule is CC(C)CN(C)C(=O)COc1ccc(C#N)cc1. The van der Waals surface area contributed by atoms with Gasteiger partial charge in [-0.05, 0) is 30.2 Å². The van der Waals surface area contributed by atoms with Crippen LogP contribution in [0.25, 0.3) is 0 Å². The number of hydrogen-bond donors (Lipinski definition) is 0. The van der Waals surface area contributed by atoms with E-state index in [-0.39, 0.29) is 12.5 Å². The normalized spacial score (nSPS) is 9.94. The average molecular weight is 246 g/mol. The zero-order chi connectivity index (χ0) is 13.5. The first-order chi connectivity index (χ1) is 8.52. The van der Waals surface area contributed by atoms with E-state index < -0.39 is 0 Å². The molecule has 0 N–H and O–H groups in total. The lowest BCUT2D eigenvalue weighted by Gasteiger charge is -2.19. The molecule has 0 saturated carbocycles. The lowest BCUT2D eigenvalue weighted by atomic mass is 10.2. The van der Waals surface area contributed by atoms with Crippen molar-refractivity contribution in [1.82, 2.24) is 4.90 Å². The van der Waals surface area contributed by atoms with Gasteiger partial charge in [0.15, 0.2) is 6.61 Å². The van der Waals surface area contributed by atoms with Crippen molar-refractivity contribution in [2.24, 2.45) is 5.92 Å². The number of amides is 1. The van der Waals surface area contributed by atoms with Gasteiger partial charge in [0, 0.05) is 13.6 Å². The molecule has 0 saturated heterocycles. The molecule has 0 spiro atoms. The first-order valence-corrected chi connectivity index (χ1v) is 5.90. The number of nitrogens with zero attached hydrogens (tertiary/aromatic N) is 2. The van der Waals surface area contributed by atoms with Gasteiger partial charge in [0.2, 0.25) is 0 Å². The highest BCUT2D eigenvalue weighted by molar-refractivity contribution is 5.77. The first kappa shape index (κ1) is 14.0. The van der Waals surface area contributed by atoms with Crippen molar-refractivity contribution in [1.29, 1.82) is 5.26 Å². The molecule has 96 valence electrons. The second kappa shape index (κ2) is 6.65. The number of ether oxygens (including phenoxy) is 1. The van der Waals surface area contributed by atoms with Crippen molar-refractivity contribution in [2.45, 2.75) is 13.8 Å². The van der Waals surface area contributed by atoms with Gasteiger partial charge in [-0.1, -0.05) is 13.8 Å². The number of hydrogen-bond acceptors (Lipinski definition) is 3. The summed E-state index contributed by atoms with van der Waals surface area (Å²) in [5.41, 5.74) is 0.575. The van der Waals surface area contributed by atoms with Crippen molar-refractivity contribution >= 4 is 5.91 Å². The molecule has 0 unspecified atom stereocenters. The highest BCUT2D eigenvalue weighted by Crippen LogP contribution is 2.11. The topological polar surface area (TPSA) is 53.3 Å². The highest BCUT2D eigenvalue weighted by Gasteiger charge is 2.10. The van der Waals surface area contributed by atoms with Crippen LogP contribution in [0.1, 0.15) is 19.4 Å². The van der Waals surface area contributed by atoms with Gasteiger partial charge in [0.1, 0.15) is 5.75 Å². The fourth-order valence-corrected chi connectivity index (χ4v) is 1.53. The van der Waals surface area contributed by atoms with E-state index >= 15 is 0 Å². The first-order valence-electron chi connectivity index (χ1n) is 5.90. The average Bonchev–Trinajstić information content (AvgIpc) is 2.35. The molecule has 1 rings (SSSR count). The van der Waals surface area contributed by atoms with Crippen LogP contribution in [-0.4, -0.2) is 31.0 Å². The van der Waals surface area contributed by atoms with E-state index in [1.807, 2.05) is 6.07 Å². The second-order valence-electron chi connectivity index (χ2n) is 4.59. The Labute approximate surface area is 108 Å². The van der Waals surface area contributed by atoms with Crippen LogP contribution in [0.3, 0.4) is 0 Å². The lowest BCUT2D eigenvalue weighted by molar-refractivity contribution is -0.132. The molecule has 1 aromatic carbocycles. The fraction of sp³-hybridized carbons (Fsp3) is 0.429. The summed E-state index contributed by atoms with van der Waals surface area (Å²) in [5, 5.41) is 8.65. The molecule has 1 aromatic rings. The summed E-state index contributed by atoms with van der Waals surface area (Å²) in [6, 6.07) is 8.73. The van der Waals surface area contributed by atoms with Crippen LogP contribution in [0.2, 0.25) is 0 Å². The Morgan fingerprint density at radius 1 is 1.39 bits per heavy atom. The van der Waals surface area contributed by atoms with E-state index in [0.29, 0.717) is 17.2 Å². The molecule has 4 nitrogen and oxygen atoms in total. The molecular formula is C14H18N2O2. The molecule has 18 heavy (non-hydrogen) atoms. The maximum absolute atomic E-state index is 11.7. The smallest absolute Gasteiger partial charge is 0.260 e. The zero-order valence-corrected chi connectivity index (χ0v) is 11.0. The Hall–Kier alpha value is -2.02. The van der Waals surface area contributed by atoms with Crippen LogP contribution in [0.15, 0.2) is 24.3 Å². The Kier molecular flexibility index (Phi) is 5.19. The van der Waals surface area contributed by atoms with Crippen LogP contribution in [-0.2, 0) is 4.79 Å². The van der Waals surface area contributed by atoms with Crippen molar-refractivity contribution in [3.05, 3.63) is 29.8 Å². The Morgan fingerprint density at radius 2 is 2.00 bits per heavy atom. The lowest BCUT2D eigenvalue weighted by Crippen LogP contribution is -2.34. The molecule has 0 fully saturated rings. The number of carbonyl (C=O) groups is 1. The minimum absolute atomic E-state index is 0.0229. The Morgan fingerprint density at radius 3 is 2.50 bits per heavy atom. The molecular weight excluding hydrogens is 228 g/mol. The molecule has 0 heterocycles. The van der Waals surface area contributed by atoms with E-state index in [1.165, 1.54) is 0 Å². The van der Waals surface area contributed by atoms with Crippen molar-refractivity contribution in [3.8, 4) is 11.8 Å². The molecule has 0 radical (unpaired) electrons. The van der Waals surface area contributed by atoms with Crippen molar-refractivity contribution in [3.63, 3.8) is 0 Å². The number of carbonyl (C=O) groups excluding carboxylic acids is 1. The molecule has 0 aliphatic carbocycles. The van der Waals surface area contributed by atoms with Gasteiger partial charge in [-0.15, -0.1) is 0 Å². The van der Waals surface area contributed by atoms with E-state index in [2.05, 4.69) is 13.8 Å². The Balaban J connectivity index is 2.44. The molecule has 4 heteroatoms. The Bertz CT molecular complexity index is 432. The van der Waals surface area contributed by atoms with Crippen LogP contribution >= 0.6 is 0 Å². The summed E-state index contributed by atoms with van der Waals surface area (Å²) < 4.78 is 5.37. The van der Waals surface area contributed by atoms with Gasteiger partial charge in [0.25, 0.3) is 5.91 Å². The number of nitriles is 1. The summed E-state index contributed by atoms with van der Waals surface area (Å²) in [7, 11) is 1.77. The maximum atomic E-state index is 11.7. The summed E-state index contributed by atoms with van der Waals surface area (Å²) in [5.74, 6) is 0.988. The third kappa shape index (κ3) is 4.46. The summed E-state index contributed by atoms with van der Waals surface area (Å²) in [6.07, 6.45) is 0. The van der Waals surface area contributed by atoms with Gasteiger partial charge in [0.05, 0.1) is 11.6 Å². The van der Waals surface area contributed by atoms with E-state index in [9.17, 15) is 4.79 Å². The van der Waals surface area contributed by atoms with Crippen LogP contribution in [0.4, 0.5) is 0 Å². The summed E-state index contributed by atoms with van der Waals surface area (Å²) in [4.78, 5) is 13.4. The standard InChI is InChI=1S/C14H18N2O2/c1-11(2)9-16(3)14(17)10-18-13-6-4-12(8-15)5-7-13/h4-7,11H,9-10H2,1-3H3. The largest absolute Gasteiger partial charge is 0.484 e. The quantitative estimate of drug-likeness (QED) is 0.799. The molecule has 1 amide bonds. The minimum Gasteiger partial charge on any atom is -0.484 e. The molecule has 0 bridgehead atoms. The van der Waals surface area contributed by atoms with Crippen LogP contribution in [0, 0.1) is 17.2 Å².